The second-order valence-electron chi connectivity index (χ2n) is 4.81. The van der Waals surface area contributed by atoms with Gasteiger partial charge in [0, 0.05) is 18.0 Å². The van der Waals surface area contributed by atoms with Gasteiger partial charge in [-0.3, -0.25) is 0 Å². The lowest BCUT2D eigenvalue weighted by Gasteiger charge is -2.24. The second-order valence-corrected chi connectivity index (χ2v) is 4.81. The van der Waals surface area contributed by atoms with E-state index in [4.69, 9.17) is 4.74 Å². The van der Waals surface area contributed by atoms with E-state index in [1.54, 1.807) is 0 Å². The normalized spacial score (nSPS) is 11.6. The van der Waals surface area contributed by atoms with E-state index in [0.717, 1.165) is 25.2 Å². The van der Waals surface area contributed by atoms with E-state index in [-0.39, 0.29) is 5.41 Å². The van der Waals surface area contributed by atoms with Crippen LogP contribution in [0.1, 0.15) is 20.8 Å². The fourth-order valence-corrected chi connectivity index (χ4v) is 1.36. The van der Waals surface area contributed by atoms with E-state index >= 15 is 0 Å². The zero-order valence-electron chi connectivity index (χ0n) is 10.5. The van der Waals surface area contributed by atoms with Crippen LogP contribution in [-0.2, 0) is 0 Å². The minimum absolute atomic E-state index is 0.0547. The minimum atomic E-state index is -0.882. The largest absolute Gasteiger partial charge is 0.493 e. The van der Waals surface area contributed by atoms with Gasteiger partial charge in [0.2, 0.25) is 0 Å². The number of ether oxygens (including phenoxy) is 1. The molecule has 0 bridgehead atoms. The molecule has 4 heteroatoms. The van der Waals surface area contributed by atoms with Crippen LogP contribution in [0.4, 0.5) is 8.78 Å². The molecule has 1 rings (SSSR count). The molecule has 0 radical (unpaired) electrons. The van der Waals surface area contributed by atoms with Crippen LogP contribution in [0, 0.1) is 17.0 Å². The van der Waals surface area contributed by atoms with E-state index in [0.29, 0.717) is 12.4 Å². The zero-order chi connectivity index (χ0) is 12.9. The van der Waals surface area contributed by atoms with Crippen LogP contribution in [0.15, 0.2) is 18.2 Å². The Labute approximate surface area is 101 Å². The molecule has 1 aromatic rings. The molecule has 2 nitrogen and oxygen atoms in total. The maximum atomic E-state index is 12.9. The summed E-state index contributed by atoms with van der Waals surface area (Å²) in [5.74, 6) is -1.38. The predicted molar refractivity (Wildman–Crippen MR) is 64.2 cm³/mol. The van der Waals surface area contributed by atoms with Gasteiger partial charge in [0.1, 0.15) is 5.75 Å². The Morgan fingerprint density at radius 1 is 1.24 bits per heavy atom. The summed E-state index contributed by atoms with van der Waals surface area (Å²) in [6.45, 7) is 8.30. The van der Waals surface area contributed by atoms with Gasteiger partial charge in [-0.05, 0) is 18.7 Å². The Morgan fingerprint density at radius 3 is 2.53 bits per heavy atom. The highest BCUT2D eigenvalue weighted by molar-refractivity contribution is 5.23. The van der Waals surface area contributed by atoms with Gasteiger partial charge in [-0.25, -0.2) is 8.78 Å². The van der Waals surface area contributed by atoms with E-state index in [1.807, 2.05) is 6.92 Å². The van der Waals surface area contributed by atoms with Crippen LogP contribution < -0.4 is 10.1 Å². The highest BCUT2D eigenvalue weighted by Gasteiger charge is 2.18. The fraction of sp³-hybridized carbons (Fsp3) is 0.538. The SMILES string of the molecule is CCNCC(C)(C)COc1ccc(F)c(F)c1. The Kier molecular flexibility index (Phi) is 4.87. The average Bonchev–Trinajstić information content (AvgIpc) is 2.28. The highest BCUT2D eigenvalue weighted by atomic mass is 19.2. The third-order valence-corrected chi connectivity index (χ3v) is 2.37. The molecule has 0 spiro atoms. The van der Waals surface area contributed by atoms with Crippen molar-refractivity contribution in [2.24, 2.45) is 5.41 Å². The molecule has 1 aromatic carbocycles. The first kappa shape index (κ1) is 13.9. The first-order valence-corrected chi connectivity index (χ1v) is 5.73. The molecular weight excluding hydrogens is 224 g/mol. The van der Waals surface area contributed by atoms with E-state index in [9.17, 15) is 8.78 Å². The fourth-order valence-electron chi connectivity index (χ4n) is 1.36. The van der Waals surface area contributed by atoms with E-state index in [1.165, 1.54) is 6.07 Å². The van der Waals surface area contributed by atoms with Crippen LogP contribution in [0.5, 0.6) is 5.75 Å². The molecule has 0 amide bonds. The van der Waals surface area contributed by atoms with Crippen LogP contribution in [0.3, 0.4) is 0 Å². The monoisotopic (exact) mass is 243 g/mol. The molecule has 17 heavy (non-hydrogen) atoms. The van der Waals surface area contributed by atoms with Gasteiger partial charge in [0.25, 0.3) is 0 Å². The first-order chi connectivity index (χ1) is 7.94. The number of rotatable bonds is 6. The lowest BCUT2D eigenvalue weighted by molar-refractivity contribution is 0.176. The molecule has 0 saturated carbocycles. The molecule has 0 heterocycles. The van der Waals surface area contributed by atoms with E-state index < -0.39 is 11.6 Å². The van der Waals surface area contributed by atoms with Crippen molar-refractivity contribution in [1.29, 1.82) is 0 Å². The van der Waals surface area contributed by atoms with Crippen LogP contribution >= 0.6 is 0 Å². The van der Waals surface area contributed by atoms with Crippen LogP contribution in [0.2, 0.25) is 0 Å². The van der Waals surface area contributed by atoms with Crippen molar-refractivity contribution < 1.29 is 13.5 Å². The number of benzene rings is 1. The van der Waals surface area contributed by atoms with Gasteiger partial charge in [0.05, 0.1) is 6.61 Å². The van der Waals surface area contributed by atoms with Crippen molar-refractivity contribution in [2.45, 2.75) is 20.8 Å². The van der Waals surface area contributed by atoms with Gasteiger partial charge in [-0.1, -0.05) is 20.8 Å². The molecule has 0 aliphatic carbocycles. The molecule has 0 aromatic heterocycles. The summed E-state index contributed by atoms with van der Waals surface area (Å²) in [7, 11) is 0. The summed E-state index contributed by atoms with van der Waals surface area (Å²) in [5.41, 5.74) is -0.0547. The Morgan fingerprint density at radius 2 is 1.94 bits per heavy atom. The third kappa shape index (κ3) is 4.69. The Balaban J connectivity index is 2.51. The maximum Gasteiger partial charge on any atom is 0.162 e. The average molecular weight is 243 g/mol. The molecule has 0 unspecified atom stereocenters. The number of nitrogens with one attached hydrogen (secondary N) is 1. The van der Waals surface area contributed by atoms with Crippen molar-refractivity contribution in [1.82, 2.24) is 5.32 Å². The van der Waals surface area contributed by atoms with Gasteiger partial charge in [-0.15, -0.1) is 0 Å². The van der Waals surface area contributed by atoms with Gasteiger partial charge in [-0.2, -0.15) is 0 Å². The summed E-state index contributed by atoms with van der Waals surface area (Å²) in [6.07, 6.45) is 0. The molecule has 0 aliphatic heterocycles. The van der Waals surface area contributed by atoms with Crippen molar-refractivity contribution >= 4 is 0 Å². The molecule has 0 saturated heterocycles. The first-order valence-electron chi connectivity index (χ1n) is 5.73. The molecule has 1 N–H and O–H groups in total. The van der Waals surface area contributed by atoms with Crippen molar-refractivity contribution in [3.8, 4) is 5.75 Å². The van der Waals surface area contributed by atoms with Crippen molar-refractivity contribution in [2.75, 3.05) is 19.7 Å². The molecule has 96 valence electrons. The highest BCUT2D eigenvalue weighted by Crippen LogP contribution is 2.19. The van der Waals surface area contributed by atoms with Crippen LogP contribution in [-0.4, -0.2) is 19.7 Å². The Bertz CT molecular complexity index is 366. The van der Waals surface area contributed by atoms with Crippen molar-refractivity contribution in [3.05, 3.63) is 29.8 Å². The van der Waals surface area contributed by atoms with Crippen LogP contribution in [0.25, 0.3) is 0 Å². The minimum Gasteiger partial charge on any atom is -0.493 e. The maximum absolute atomic E-state index is 12.9. The molecule has 0 atom stereocenters. The third-order valence-electron chi connectivity index (χ3n) is 2.37. The lowest BCUT2D eigenvalue weighted by Crippen LogP contribution is -2.34. The quantitative estimate of drug-likeness (QED) is 0.829. The summed E-state index contributed by atoms with van der Waals surface area (Å²) in [6, 6.07) is 3.57. The lowest BCUT2D eigenvalue weighted by atomic mass is 9.95. The van der Waals surface area contributed by atoms with E-state index in [2.05, 4.69) is 19.2 Å². The summed E-state index contributed by atoms with van der Waals surface area (Å²) < 4.78 is 31.1. The Hall–Kier alpha value is -1.16. The van der Waals surface area contributed by atoms with Gasteiger partial charge in [0.15, 0.2) is 11.6 Å². The number of halogens is 2. The van der Waals surface area contributed by atoms with Crippen molar-refractivity contribution in [3.63, 3.8) is 0 Å². The number of hydrogen-bond donors (Lipinski definition) is 1. The summed E-state index contributed by atoms with van der Waals surface area (Å²) >= 11 is 0. The molecule has 0 aliphatic rings. The smallest absolute Gasteiger partial charge is 0.162 e. The number of hydrogen-bond acceptors (Lipinski definition) is 2. The zero-order valence-corrected chi connectivity index (χ0v) is 10.5. The molecular formula is C13H19F2NO. The van der Waals surface area contributed by atoms with Gasteiger partial charge < -0.3 is 10.1 Å². The van der Waals surface area contributed by atoms with Gasteiger partial charge >= 0.3 is 0 Å². The predicted octanol–water partition coefficient (Wildman–Crippen LogP) is 2.98. The second kappa shape index (κ2) is 5.96. The molecule has 0 fully saturated rings. The topological polar surface area (TPSA) is 21.3 Å². The summed E-state index contributed by atoms with van der Waals surface area (Å²) in [4.78, 5) is 0. The standard InChI is InChI=1S/C13H19F2NO/c1-4-16-8-13(2,3)9-17-10-5-6-11(14)12(15)7-10/h5-7,16H,4,8-9H2,1-3H3. The summed E-state index contributed by atoms with van der Waals surface area (Å²) in [5, 5.41) is 3.23.